The summed E-state index contributed by atoms with van der Waals surface area (Å²) in [6.07, 6.45) is 0. The van der Waals surface area contributed by atoms with E-state index in [0.717, 1.165) is 12.1 Å². The summed E-state index contributed by atoms with van der Waals surface area (Å²) in [5.41, 5.74) is -0.637. The number of carbonyl (C=O) groups excluding carboxylic acids is 2. The Hall–Kier alpha value is -2.31. The number of ether oxygens (including phenoxy) is 1. The minimum Gasteiger partial charge on any atom is -0.494 e. The molecular formula is C10H12N2O5. The topological polar surface area (TPSA) is 108 Å². The van der Waals surface area contributed by atoms with E-state index < -0.39 is 23.3 Å². The number of hydrogen-bond donors (Lipinski definition) is 3. The molecule has 7 heteroatoms. The fourth-order valence-electron chi connectivity index (χ4n) is 1.13. The van der Waals surface area contributed by atoms with Gasteiger partial charge in [0, 0.05) is 12.1 Å². The van der Waals surface area contributed by atoms with E-state index in [2.05, 4.69) is 15.0 Å². The number of carbonyl (C=O) groups is 2. The Bertz CT molecular complexity index is 480. The van der Waals surface area contributed by atoms with Crippen molar-refractivity contribution >= 4 is 11.9 Å². The smallest absolute Gasteiger partial charge is 0.325 e. The van der Waals surface area contributed by atoms with E-state index in [9.17, 15) is 14.4 Å². The van der Waals surface area contributed by atoms with Gasteiger partial charge >= 0.3 is 5.97 Å². The first kappa shape index (κ1) is 12.8. The Morgan fingerprint density at radius 1 is 1.47 bits per heavy atom. The molecule has 92 valence electrons. The second-order valence-corrected chi connectivity index (χ2v) is 3.11. The van der Waals surface area contributed by atoms with Crippen LogP contribution in [0.1, 0.15) is 17.3 Å². The highest BCUT2D eigenvalue weighted by Gasteiger charge is 2.10. The first-order valence-corrected chi connectivity index (χ1v) is 4.90. The summed E-state index contributed by atoms with van der Waals surface area (Å²) in [6, 6.07) is 2.10. The van der Waals surface area contributed by atoms with Gasteiger partial charge in [-0.05, 0) is 6.92 Å². The fourth-order valence-corrected chi connectivity index (χ4v) is 1.13. The van der Waals surface area contributed by atoms with Crippen molar-refractivity contribution in [3.63, 3.8) is 0 Å². The van der Waals surface area contributed by atoms with Crippen LogP contribution in [0.25, 0.3) is 0 Å². The molecule has 0 saturated heterocycles. The molecule has 0 aromatic carbocycles. The van der Waals surface area contributed by atoms with Crippen LogP contribution in [0.15, 0.2) is 16.9 Å². The summed E-state index contributed by atoms with van der Waals surface area (Å²) >= 11 is 0. The van der Waals surface area contributed by atoms with Gasteiger partial charge in [0.05, 0.1) is 12.2 Å². The van der Waals surface area contributed by atoms with Gasteiger partial charge in [0.15, 0.2) is 5.88 Å². The molecule has 0 spiro atoms. The van der Waals surface area contributed by atoms with Crippen LogP contribution in [0.5, 0.6) is 5.88 Å². The summed E-state index contributed by atoms with van der Waals surface area (Å²) in [5, 5.41) is 11.3. The average molecular weight is 240 g/mol. The molecule has 0 fully saturated rings. The van der Waals surface area contributed by atoms with Gasteiger partial charge in [-0.25, -0.2) is 0 Å². The van der Waals surface area contributed by atoms with Crippen molar-refractivity contribution < 1.29 is 19.4 Å². The molecule has 3 N–H and O–H groups in total. The number of aromatic amines is 1. The van der Waals surface area contributed by atoms with Crippen LogP contribution in [0, 0.1) is 0 Å². The molecule has 17 heavy (non-hydrogen) atoms. The average Bonchev–Trinajstić information content (AvgIpc) is 2.25. The lowest BCUT2D eigenvalue weighted by atomic mass is 10.2. The number of hydrogen-bond acceptors (Lipinski definition) is 5. The van der Waals surface area contributed by atoms with Crippen molar-refractivity contribution in [2.75, 3.05) is 13.2 Å². The Morgan fingerprint density at radius 2 is 2.18 bits per heavy atom. The number of aromatic nitrogens is 1. The van der Waals surface area contributed by atoms with E-state index in [1.807, 2.05) is 0 Å². The number of aromatic hydroxyl groups is 1. The van der Waals surface area contributed by atoms with Crippen molar-refractivity contribution in [1.29, 1.82) is 0 Å². The quantitative estimate of drug-likeness (QED) is 0.607. The lowest BCUT2D eigenvalue weighted by Crippen LogP contribution is -2.31. The molecule has 7 nitrogen and oxygen atoms in total. The van der Waals surface area contributed by atoms with Crippen molar-refractivity contribution in [2.45, 2.75) is 6.92 Å². The molecule has 1 aromatic rings. The standard InChI is InChI=1S/C10H12N2O5/c1-2-17-9(15)5-11-10(16)6-3-7(13)12-8(14)4-6/h3-4H,2,5H2,1H3,(H,11,16)(H2,12,13,14). The van der Waals surface area contributed by atoms with E-state index >= 15 is 0 Å². The van der Waals surface area contributed by atoms with Gasteiger partial charge in [-0.3, -0.25) is 19.4 Å². The Labute approximate surface area is 96.4 Å². The minimum atomic E-state index is -0.639. The van der Waals surface area contributed by atoms with Gasteiger partial charge in [-0.1, -0.05) is 0 Å². The summed E-state index contributed by atoms with van der Waals surface area (Å²) in [6.45, 7) is 1.58. The second kappa shape index (κ2) is 5.69. The van der Waals surface area contributed by atoms with Crippen LogP contribution in [0.2, 0.25) is 0 Å². The SMILES string of the molecule is CCOC(=O)CNC(=O)c1cc(O)[nH]c(=O)c1. The largest absolute Gasteiger partial charge is 0.494 e. The third-order valence-electron chi connectivity index (χ3n) is 1.79. The van der Waals surface area contributed by atoms with Gasteiger partial charge in [-0.15, -0.1) is 0 Å². The van der Waals surface area contributed by atoms with E-state index in [0.29, 0.717) is 0 Å². The number of rotatable bonds is 4. The van der Waals surface area contributed by atoms with Crippen LogP contribution in [0.4, 0.5) is 0 Å². The molecule has 0 unspecified atom stereocenters. The van der Waals surface area contributed by atoms with Crippen molar-refractivity contribution in [3.05, 3.63) is 28.0 Å². The predicted octanol–water partition coefficient (Wildman–Crippen LogP) is -0.627. The van der Waals surface area contributed by atoms with Gasteiger partial charge in [0.2, 0.25) is 0 Å². The van der Waals surface area contributed by atoms with Gasteiger partial charge in [0.25, 0.3) is 11.5 Å². The Kier molecular flexibility index (Phi) is 4.27. The van der Waals surface area contributed by atoms with Crippen LogP contribution >= 0.6 is 0 Å². The maximum Gasteiger partial charge on any atom is 0.325 e. The van der Waals surface area contributed by atoms with E-state index in [1.54, 1.807) is 6.92 Å². The van der Waals surface area contributed by atoms with Crippen molar-refractivity contribution in [1.82, 2.24) is 10.3 Å². The van der Waals surface area contributed by atoms with E-state index in [4.69, 9.17) is 5.11 Å². The first-order valence-electron chi connectivity index (χ1n) is 4.90. The molecule has 1 heterocycles. The fraction of sp³-hybridized carbons (Fsp3) is 0.300. The van der Waals surface area contributed by atoms with Crippen LogP contribution in [-0.4, -0.2) is 35.1 Å². The Balaban J connectivity index is 2.64. The zero-order valence-corrected chi connectivity index (χ0v) is 9.15. The van der Waals surface area contributed by atoms with E-state index in [-0.39, 0.29) is 18.7 Å². The summed E-state index contributed by atoms with van der Waals surface area (Å²) in [4.78, 5) is 35.5. The second-order valence-electron chi connectivity index (χ2n) is 3.11. The van der Waals surface area contributed by atoms with Crippen LogP contribution < -0.4 is 10.9 Å². The number of nitrogens with one attached hydrogen (secondary N) is 2. The molecule has 0 bridgehead atoms. The minimum absolute atomic E-state index is 0.0319. The Morgan fingerprint density at radius 3 is 2.76 bits per heavy atom. The summed E-state index contributed by atoms with van der Waals surface area (Å²) in [5.74, 6) is -1.63. The molecule has 1 aromatic heterocycles. The van der Waals surface area contributed by atoms with Gasteiger partial charge in [-0.2, -0.15) is 0 Å². The highest BCUT2D eigenvalue weighted by molar-refractivity contribution is 5.96. The normalized spacial score (nSPS) is 9.71. The van der Waals surface area contributed by atoms with E-state index in [1.165, 1.54) is 0 Å². The van der Waals surface area contributed by atoms with Crippen LogP contribution in [-0.2, 0) is 9.53 Å². The monoisotopic (exact) mass is 240 g/mol. The highest BCUT2D eigenvalue weighted by atomic mass is 16.5. The number of esters is 1. The molecular weight excluding hydrogens is 228 g/mol. The maximum absolute atomic E-state index is 11.5. The molecule has 1 amide bonds. The molecule has 0 saturated carbocycles. The summed E-state index contributed by atoms with van der Waals surface area (Å²) in [7, 11) is 0. The zero-order valence-electron chi connectivity index (χ0n) is 9.15. The number of pyridine rings is 1. The molecule has 0 radical (unpaired) electrons. The summed E-state index contributed by atoms with van der Waals surface area (Å²) < 4.78 is 4.60. The number of H-pyrrole nitrogens is 1. The van der Waals surface area contributed by atoms with Gasteiger partial charge in [0.1, 0.15) is 6.54 Å². The van der Waals surface area contributed by atoms with Crippen LogP contribution in [0.3, 0.4) is 0 Å². The molecule has 0 aliphatic heterocycles. The highest BCUT2D eigenvalue weighted by Crippen LogP contribution is 2.03. The predicted molar refractivity (Wildman–Crippen MR) is 57.7 cm³/mol. The maximum atomic E-state index is 11.5. The lowest BCUT2D eigenvalue weighted by Gasteiger charge is -2.04. The zero-order chi connectivity index (χ0) is 12.8. The van der Waals surface area contributed by atoms with Crippen molar-refractivity contribution in [3.8, 4) is 5.88 Å². The molecule has 1 rings (SSSR count). The van der Waals surface area contributed by atoms with Gasteiger partial charge < -0.3 is 15.2 Å². The third kappa shape index (κ3) is 3.98. The first-order chi connectivity index (χ1) is 8.02. The lowest BCUT2D eigenvalue weighted by molar-refractivity contribution is -0.141. The molecule has 0 aliphatic carbocycles. The van der Waals surface area contributed by atoms with Crippen molar-refractivity contribution in [2.24, 2.45) is 0 Å². The number of amides is 1. The molecule has 0 atom stereocenters. The molecule has 0 aliphatic rings. The third-order valence-corrected chi connectivity index (χ3v) is 1.79.